The van der Waals surface area contributed by atoms with E-state index in [4.69, 9.17) is 40.5 Å². The molecule has 0 heterocycles. The smallest absolute Gasteiger partial charge is 0.306 e. The molecule has 2 atom stereocenters. The van der Waals surface area contributed by atoms with Gasteiger partial charge in [0.2, 0.25) is 10.0 Å². The number of sulfonamides is 2. The topological polar surface area (TPSA) is 130 Å². The Labute approximate surface area is 215 Å². The zero-order valence-electron chi connectivity index (χ0n) is 18.1. The lowest BCUT2D eigenvalue weighted by molar-refractivity contribution is 0.352. The molecule has 0 aliphatic heterocycles. The summed E-state index contributed by atoms with van der Waals surface area (Å²) in [4.78, 5) is 0.0729. The van der Waals surface area contributed by atoms with Gasteiger partial charge in [-0.3, -0.25) is 0 Å². The summed E-state index contributed by atoms with van der Waals surface area (Å²) in [5.41, 5.74) is 9.95. The van der Waals surface area contributed by atoms with Crippen molar-refractivity contribution < 1.29 is 16.8 Å². The third-order valence-electron chi connectivity index (χ3n) is 5.81. The predicted octanol–water partition coefficient (Wildman–Crippen LogP) is 3.54. The van der Waals surface area contributed by atoms with Crippen molar-refractivity contribution in [3.8, 4) is 0 Å². The summed E-state index contributed by atoms with van der Waals surface area (Å²) in [6, 6.07) is 14.3. The molecule has 1 aliphatic carbocycles. The van der Waals surface area contributed by atoms with Crippen molar-refractivity contribution in [2.24, 2.45) is 5.73 Å². The minimum atomic E-state index is -4.68. The molecule has 34 heavy (non-hydrogen) atoms. The summed E-state index contributed by atoms with van der Waals surface area (Å²) >= 11 is 17.1. The number of halogens is 3. The monoisotopic (exact) mass is 568 g/mol. The fourth-order valence-electron chi connectivity index (χ4n) is 3.94. The summed E-state index contributed by atoms with van der Waals surface area (Å²) in [7, 11) is -9.16. The molecule has 2 unspecified atom stereocenters. The molecule has 13 heteroatoms. The Bertz CT molecular complexity index is 1160. The normalized spacial score (nSPS) is 18.8. The molecule has 0 spiro atoms. The van der Waals surface area contributed by atoms with Crippen LogP contribution in [0, 0.1) is 0 Å². The Morgan fingerprint density at radius 3 is 1.88 bits per heavy atom. The van der Waals surface area contributed by atoms with Crippen LogP contribution < -0.4 is 20.7 Å². The number of hydrogen-bond donors (Lipinski definition) is 4. The molecule has 1 saturated carbocycles. The molecule has 2 aromatic carbocycles. The van der Waals surface area contributed by atoms with Crippen LogP contribution >= 0.6 is 34.8 Å². The number of nitrogens with one attached hydrogen (secondary N) is 3. The van der Waals surface area contributed by atoms with Gasteiger partial charge in [0.25, 0.3) is 10.0 Å². The Kier molecular flexibility index (Phi) is 8.92. The first kappa shape index (κ1) is 27.6. The molecule has 0 saturated heterocycles. The van der Waals surface area contributed by atoms with Crippen molar-refractivity contribution in [1.29, 1.82) is 0 Å². The van der Waals surface area contributed by atoms with Crippen LogP contribution in [0.4, 0.5) is 0 Å². The van der Waals surface area contributed by atoms with Gasteiger partial charge in [-0.1, -0.05) is 115 Å². The highest BCUT2D eigenvalue weighted by Crippen LogP contribution is 2.41. The van der Waals surface area contributed by atoms with Gasteiger partial charge in [-0.25, -0.2) is 27.0 Å². The molecule has 1 aliphatic rings. The lowest BCUT2D eigenvalue weighted by atomic mass is 9.94. The molecule has 8 nitrogen and oxygen atoms in total. The summed E-state index contributed by atoms with van der Waals surface area (Å²) in [5.74, 6) is 0. The van der Waals surface area contributed by atoms with Gasteiger partial charge >= 0.3 is 3.12 Å². The van der Waals surface area contributed by atoms with Crippen molar-refractivity contribution in [3.63, 3.8) is 0 Å². The maximum atomic E-state index is 13.8. The van der Waals surface area contributed by atoms with Crippen LogP contribution in [0.25, 0.3) is 0 Å². The second-order valence-corrected chi connectivity index (χ2v) is 14.8. The molecular weight excluding hydrogens is 543 g/mol. The summed E-state index contributed by atoms with van der Waals surface area (Å²) < 4.78 is 52.8. The van der Waals surface area contributed by atoms with Crippen LogP contribution in [0.3, 0.4) is 0 Å². The number of rotatable bonds is 9. The number of nitrogens with two attached hydrogens (primary N) is 1. The highest BCUT2D eigenvalue weighted by molar-refractivity contribution is 7.95. The maximum absolute atomic E-state index is 13.8. The van der Waals surface area contributed by atoms with Gasteiger partial charge < -0.3 is 5.73 Å². The number of benzene rings is 2. The minimum Gasteiger partial charge on any atom is -0.306 e. The van der Waals surface area contributed by atoms with Crippen LogP contribution in [0.15, 0.2) is 60.7 Å². The Balaban J connectivity index is 2.13. The van der Waals surface area contributed by atoms with Crippen molar-refractivity contribution in [1.82, 2.24) is 15.0 Å². The standard InChI is InChI=1S/C21H27Cl3N4O4S2/c22-21(23,24)34(31,32)27-19(16-10-4-1-5-11-16)20(25,17-12-6-2-7-13-17)33(29,30)28-26-18-14-8-3-9-15-18/h1-2,4-7,10-13,18-19,26-28H,3,8-9,14-15,25H2. The molecule has 0 amide bonds. The molecule has 0 aromatic heterocycles. The highest BCUT2D eigenvalue weighted by atomic mass is 35.6. The van der Waals surface area contributed by atoms with Gasteiger partial charge in [0.05, 0.1) is 6.04 Å². The maximum Gasteiger partial charge on any atom is 0.306 e. The number of hydrazine groups is 1. The van der Waals surface area contributed by atoms with Crippen molar-refractivity contribution >= 4 is 54.8 Å². The molecule has 2 aromatic rings. The molecule has 1 fully saturated rings. The molecular formula is C21H27Cl3N4O4S2. The third-order valence-corrected chi connectivity index (χ3v) is 10.5. The Morgan fingerprint density at radius 1 is 0.824 bits per heavy atom. The fourth-order valence-corrected chi connectivity index (χ4v) is 6.62. The van der Waals surface area contributed by atoms with Crippen LogP contribution in [-0.2, 0) is 24.9 Å². The quantitative estimate of drug-likeness (QED) is 0.270. The first-order valence-electron chi connectivity index (χ1n) is 10.6. The largest absolute Gasteiger partial charge is 0.306 e. The molecule has 3 rings (SSSR count). The second-order valence-electron chi connectivity index (χ2n) is 8.15. The van der Waals surface area contributed by atoms with Gasteiger partial charge in [-0.05, 0) is 24.0 Å². The predicted molar refractivity (Wildman–Crippen MR) is 136 cm³/mol. The van der Waals surface area contributed by atoms with E-state index in [9.17, 15) is 16.8 Å². The zero-order chi connectivity index (χ0) is 25.0. The first-order chi connectivity index (χ1) is 15.9. The molecule has 5 N–H and O–H groups in total. The van der Waals surface area contributed by atoms with E-state index < -0.39 is 34.1 Å². The van der Waals surface area contributed by atoms with Crippen LogP contribution in [-0.4, -0.2) is 26.0 Å². The minimum absolute atomic E-state index is 0.0726. The first-order valence-corrected chi connectivity index (χ1v) is 14.7. The van der Waals surface area contributed by atoms with E-state index in [-0.39, 0.29) is 17.2 Å². The summed E-state index contributed by atoms with van der Waals surface area (Å²) in [6.45, 7) is 0. The van der Waals surface area contributed by atoms with E-state index in [1.165, 1.54) is 12.1 Å². The van der Waals surface area contributed by atoms with E-state index in [1.807, 2.05) is 0 Å². The van der Waals surface area contributed by atoms with Crippen molar-refractivity contribution in [2.45, 2.75) is 52.2 Å². The van der Waals surface area contributed by atoms with Crippen LogP contribution in [0.1, 0.15) is 49.3 Å². The van der Waals surface area contributed by atoms with E-state index in [1.54, 1.807) is 48.5 Å². The van der Waals surface area contributed by atoms with Gasteiger partial charge in [-0.15, -0.1) is 4.83 Å². The van der Waals surface area contributed by atoms with Gasteiger partial charge in [-0.2, -0.15) is 0 Å². The summed E-state index contributed by atoms with van der Waals surface area (Å²) in [5, 5.41) is 0. The fraction of sp³-hybridized carbons (Fsp3) is 0.429. The third kappa shape index (κ3) is 6.05. The van der Waals surface area contributed by atoms with Crippen LogP contribution in [0.2, 0.25) is 0 Å². The Morgan fingerprint density at radius 2 is 1.35 bits per heavy atom. The van der Waals surface area contributed by atoms with Crippen LogP contribution in [0.5, 0.6) is 0 Å². The number of alkyl halides is 3. The highest BCUT2D eigenvalue weighted by Gasteiger charge is 2.53. The SMILES string of the molecule is NC(c1ccccc1)(C(NS(=O)(=O)C(Cl)(Cl)Cl)c1ccccc1)S(=O)(=O)NNC1CCCCC1. The van der Waals surface area contributed by atoms with Gasteiger partial charge in [0, 0.05) is 6.04 Å². The lowest BCUT2D eigenvalue weighted by Gasteiger charge is -2.38. The van der Waals surface area contributed by atoms with E-state index in [0.29, 0.717) is 0 Å². The average Bonchev–Trinajstić information content (AvgIpc) is 2.82. The molecule has 0 radical (unpaired) electrons. The molecule has 188 valence electrons. The van der Waals surface area contributed by atoms with Crippen molar-refractivity contribution in [3.05, 3.63) is 71.8 Å². The van der Waals surface area contributed by atoms with Crippen molar-refractivity contribution in [2.75, 3.05) is 0 Å². The van der Waals surface area contributed by atoms with E-state index >= 15 is 0 Å². The van der Waals surface area contributed by atoms with E-state index in [2.05, 4.69) is 15.0 Å². The Hall–Kier alpha value is -0.950. The van der Waals surface area contributed by atoms with E-state index in [0.717, 1.165) is 32.1 Å². The summed E-state index contributed by atoms with van der Waals surface area (Å²) in [6.07, 6.45) is 4.63. The number of hydrogen-bond acceptors (Lipinski definition) is 6. The second kappa shape index (κ2) is 11.0. The zero-order valence-corrected chi connectivity index (χ0v) is 22.0. The van der Waals surface area contributed by atoms with Gasteiger partial charge in [0.1, 0.15) is 0 Å². The average molecular weight is 570 g/mol. The molecule has 0 bridgehead atoms. The van der Waals surface area contributed by atoms with Gasteiger partial charge in [0.15, 0.2) is 4.87 Å². The lowest BCUT2D eigenvalue weighted by Crippen LogP contribution is -2.62.